The maximum absolute atomic E-state index is 12.3. The van der Waals surface area contributed by atoms with Crippen molar-refractivity contribution in [2.45, 2.75) is 17.7 Å². The number of hydrogen-bond donors (Lipinski definition) is 2. The third-order valence-corrected chi connectivity index (χ3v) is 6.19. The lowest BCUT2D eigenvalue weighted by atomic mass is 10.4. The summed E-state index contributed by atoms with van der Waals surface area (Å²) in [5, 5.41) is 11.5. The first kappa shape index (κ1) is 19.2. The molecule has 0 saturated carbocycles. The van der Waals surface area contributed by atoms with Gasteiger partial charge >= 0.3 is 0 Å². The molecule has 2 aromatic rings. The number of rotatable bonds is 7. The Morgan fingerprint density at radius 2 is 1.88 bits per heavy atom. The van der Waals surface area contributed by atoms with Crippen molar-refractivity contribution in [3.8, 4) is 0 Å². The lowest BCUT2D eigenvalue weighted by molar-refractivity contribution is 0.583. The fraction of sp³-hybridized carbons (Fsp3) is 0.375. The second-order valence-electron chi connectivity index (χ2n) is 5.89. The van der Waals surface area contributed by atoms with Crippen molar-refractivity contribution in [3.05, 3.63) is 40.5 Å². The number of halogens is 2. The van der Waals surface area contributed by atoms with E-state index in [2.05, 4.69) is 25.1 Å². The largest absolute Gasteiger partial charge is 0.370 e. The average molecular weight is 416 g/mol. The zero-order valence-corrected chi connectivity index (χ0v) is 16.3. The molecule has 1 aliphatic heterocycles. The maximum Gasteiger partial charge on any atom is 0.242 e. The lowest BCUT2D eigenvalue weighted by Crippen LogP contribution is -2.29. The molecule has 1 aromatic heterocycles. The molecule has 1 fully saturated rings. The minimum Gasteiger partial charge on any atom is -0.370 e. The Morgan fingerprint density at radius 1 is 1.12 bits per heavy atom. The van der Waals surface area contributed by atoms with Crippen LogP contribution in [-0.4, -0.2) is 44.8 Å². The van der Waals surface area contributed by atoms with Gasteiger partial charge in [0, 0.05) is 37.3 Å². The molecule has 26 heavy (non-hydrogen) atoms. The first-order valence-corrected chi connectivity index (χ1v) is 10.5. The molecule has 0 spiro atoms. The van der Waals surface area contributed by atoms with Gasteiger partial charge in [-0.05, 0) is 31.0 Å². The molecule has 1 aromatic carbocycles. The number of nitrogens with one attached hydrogen (secondary N) is 2. The summed E-state index contributed by atoms with van der Waals surface area (Å²) in [6.45, 7) is 2.56. The van der Waals surface area contributed by atoms with E-state index in [1.807, 2.05) is 6.07 Å². The maximum atomic E-state index is 12.3. The average Bonchev–Trinajstić information content (AvgIpc) is 3.16. The second-order valence-corrected chi connectivity index (χ2v) is 8.47. The summed E-state index contributed by atoms with van der Waals surface area (Å²) in [4.78, 5) is 2.21. The zero-order chi connectivity index (χ0) is 18.6. The van der Waals surface area contributed by atoms with Crippen LogP contribution in [0.1, 0.15) is 12.8 Å². The standard InChI is InChI=1S/C16H19Cl2N5O2S/c17-12-3-4-14(18)15(9-12)26(24,25)21-6-5-19-16-10-13(11-20-22-16)23-7-1-2-8-23/h3-4,9-11,21H,1-2,5-8H2,(H,19,22). The Kier molecular flexibility index (Phi) is 6.18. The van der Waals surface area contributed by atoms with Crippen LogP contribution in [-0.2, 0) is 10.0 Å². The van der Waals surface area contributed by atoms with Gasteiger partial charge in [-0.1, -0.05) is 23.2 Å². The number of benzene rings is 1. The Balaban J connectivity index is 1.55. The van der Waals surface area contributed by atoms with Gasteiger partial charge in [0.15, 0.2) is 5.82 Å². The highest BCUT2D eigenvalue weighted by molar-refractivity contribution is 7.89. The molecule has 0 bridgehead atoms. The predicted molar refractivity (Wildman–Crippen MR) is 104 cm³/mol. The molecule has 140 valence electrons. The first-order chi connectivity index (χ1) is 12.5. The fourth-order valence-corrected chi connectivity index (χ4v) is 4.52. The van der Waals surface area contributed by atoms with Crippen molar-refractivity contribution in [3.63, 3.8) is 0 Å². The van der Waals surface area contributed by atoms with E-state index in [-0.39, 0.29) is 16.5 Å². The van der Waals surface area contributed by atoms with Crippen LogP contribution in [0.25, 0.3) is 0 Å². The summed E-state index contributed by atoms with van der Waals surface area (Å²) in [5.41, 5.74) is 1.02. The lowest BCUT2D eigenvalue weighted by Gasteiger charge is -2.17. The van der Waals surface area contributed by atoms with E-state index in [0.717, 1.165) is 18.8 Å². The van der Waals surface area contributed by atoms with Gasteiger partial charge in [0.1, 0.15) is 4.90 Å². The molecule has 7 nitrogen and oxygen atoms in total. The van der Waals surface area contributed by atoms with Gasteiger partial charge in [0.25, 0.3) is 0 Å². The molecule has 10 heteroatoms. The van der Waals surface area contributed by atoms with E-state index in [4.69, 9.17) is 23.2 Å². The van der Waals surface area contributed by atoms with Crippen molar-refractivity contribution in [2.24, 2.45) is 0 Å². The van der Waals surface area contributed by atoms with Gasteiger partial charge in [0.2, 0.25) is 10.0 Å². The van der Waals surface area contributed by atoms with E-state index < -0.39 is 10.0 Å². The van der Waals surface area contributed by atoms with Crippen LogP contribution < -0.4 is 14.9 Å². The number of aromatic nitrogens is 2. The summed E-state index contributed by atoms with van der Waals surface area (Å²) < 4.78 is 27.1. The third kappa shape index (κ3) is 4.76. The molecule has 0 radical (unpaired) electrons. The minimum atomic E-state index is -3.74. The first-order valence-electron chi connectivity index (χ1n) is 8.22. The van der Waals surface area contributed by atoms with Crippen LogP contribution in [0.2, 0.25) is 10.0 Å². The molecule has 0 amide bonds. The van der Waals surface area contributed by atoms with Crippen LogP contribution in [0.5, 0.6) is 0 Å². The van der Waals surface area contributed by atoms with E-state index in [9.17, 15) is 8.42 Å². The summed E-state index contributed by atoms with van der Waals surface area (Å²) in [6, 6.07) is 6.23. The zero-order valence-electron chi connectivity index (χ0n) is 14.0. The summed E-state index contributed by atoms with van der Waals surface area (Å²) in [7, 11) is -3.74. The molecule has 1 saturated heterocycles. The molecule has 0 aliphatic carbocycles. The monoisotopic (exact) mass is 415 g/mol. The third-order valence-electron chi connectivity index (χ3n) is 4.02. The van der Waals surface area contributed by atoms with Gasteiger partial charge < -0.3 is 10.2 Å². The molecule has 3 rings (SSSR count). The molecular weight excluding hydrogens is 397 g/mol. The highest BCUT2D eigenvalue weighted by Gasteiger charge is 2.18. The summed E-state index contributed by atoms with van der Waals surface area (Å²) >= 11 is 11.8. The predicted octanol–water partition coefficient (Wildman–Crippen LogP) is 2.77. The van der Waals surface area contributed by atoms with E-state index >= 15 is 0 Å². The van der Waals surface area contributed by atoms with E-state index in [1.165, 1.54) is 31.0 Å². The Morgan fingerprint density at radius 3 is 2.65 bits per heavy atom. The number of sulfonamides is 1. The minimum absolute atomic E-state index is 0.0394. The number of hydrogen-bond acceptors (Lipinski definition) is 6. The van der Waals surface area contributed by atoms with Crippen molar-refractivity contribution >= 4 is 44.7 Å². The van der Waals surface area contributed by atoms with Crippen molar-refractivity contribution in [2.75, 3.05) is 36.4 Å². The van der Waals surface area contributed by atoms with Crippen LogP contribution in [0.3, 0.4) is 0 Å². The van der Waals surface area contributed by atoms with Crippen LogP contribution in [0, 0.1) is 0 Å². The van der Waals surface area contributed by atoms with Crippen LogP contribution in [0.4, 0.5) is 11.5 Å². The molecule has 2 N–H and O–H groups in total. The number of anilines is 2. The second kappa shape index (κ2) is 8.39. The van der Waals surface area contributed by atoms with Gasteiger partial charge in [-0.3, -0.25) is 0 Å². The van der Waals surface area contributed by atoms with E-state index in [1.54, 1.807) is 6.20 Å². The molecule has 0 unspecified atom stereocenters. The topological polar surface area (TPSA) is 87.2 Å². The van der Waals surface area contributed by atoms with Crippen molar-refractivity contribution < 1.29 is 8.42 Å². The SMILES string of the molecule is O=S(=O)(NCCNc1cc(N2CCCC2)cnn1)c1cc(Cl)ccc1Cl. The van der Waals surface area contributed by atoms with Gasteiger partial charge in [0.05, 0.1) is 16.9 Å². The van der Waals surface area contributed by atoms with Crippen molar-refractivity contribution in [1.82, 2.24) is 14.9 Å². The summed E-state index contributed by atoms with van der Waals surface area (Å²) in [6.07, 6.45) is 4.10. The number of nitrogens with zero attached hydrogens (tertiary/aromatic N) is 3. The van der Waals surface area contributed by atoms with Gasteiger partial charge in [-0.15, -0.1) is 5.10 Å². The fourth-order valence-electron chi connectivity index (χ4n) is 2.73. The highest BCUT2D eigenvalue weighted by atomic mass is 35.5. The van der Waals surface area contributed by atoms with E-state index in [0.29, 0.717) is 17.4 Å². The highest BCUT2D eigenvalue weighted by Crippen LogP contribution is 2.24. The Hall–Kier alpha value is -1.61. The smallest absolute Gasteiger partial charge is 0.242 e. The quantitative estimate of drug-likeness (QED) is 0.675. The van der Waals surface area contributed by atoms with Crippen LogP contribution >= 0.6 is 23.2 Å². The molecule has 0 atom stereocenters. The van der Waals surface area contributed by atoms with Crippen molar-refractivity contribution in [1.29, 1.82) is 0 Å². The Labute approximate surface area is 162 Å². The molecule has 2 heterocycles. The van der Waals surface area contributed by atoms with Crippen LogP contribution in [0.15, 0.2) is 35.4 Å². The molecular formula is C16H19Cl2N5O2S. The molecule has 1 aliphatic rings. The summed E-state index contributed by atoms with van der Waals surface area (Å²) in [5.74, 6) is 0.606. The Bertz CT molecular complexity index is 873. The normalized spacial score (nSPS) is 14.6. The van der Waals surface area contributed by atoms with Gasteiger partial charge in [-0.2, -0.15) is 5.10 Å². The van der Waals surface area contributed by atoms with Gasteiger partial charge in [-0.25, -0.2) is 13.1 Å².